The molecule has 1 aromatic carbocycles. The minimum atomic E-state index is -0.563. The highest BCUT2D eigenvalue weighted by Gasteiger charge is 2.61. The molecule has 4 aliphatic carbocycles. The molecule has 0 aromatic heterocycles. The standard InChI is InChI=1S/C17H21NO2/c18-14-3-1-13(2-4-14)16-6-11-5-12(7-16)9-17(8-11,10-16)15(19)20/h1-4,11-12H,5-10,18H2,(H,19,20). The van der Waals surface area contributed by atoms with Crippen molar-refractivity contribution in [2.75, 3.05) is 5.73 Å². The van der Waals surface area contributed by atoms with Crippen molar-refractivity contribution in [3.63, 3.8) is 0 Å². The first kappa shape index (κ1) is 12.2. The molecule has 4 bridgehead atoms. The van der Waals surface area contributed by atoms with Crippen molar-refractivity contribution in [1.29, 1.82) is 0 Å². The summed E-state index contributed by atoms with van der Waals surface area (Å²) in [5, 5.41) is 9.76. The van der Waals surface area contributed by atoms with Crippen molar-refractivity contribution in [1.82, 2.24) is 0 Å². The van der Waals surface area contributed by atoms with E-state index >= 15 is 0 Å². The van der Waals surface area contributed by atoms with Gasteiger partial charge in [-0.05, 0) is 73.5 Å². The first-order chi connectivity index (χ1) is 9.51. The molecule has 20 heavy (non-hydrogen) atoms. The molecule has 4 saturated carbocycles. The highest BCUT2D eigenvalue weighted by Crippen LogP contribution is 2.65. The fourth-order valence-electron chi connectivity index (χ4n) is 5.69. The summed E-state index contributed by atoms with van der Waals surface area (Å²) in [6.45, 7) is 0. The van der Waals surface area contributed by atoms with Gasteiger partial charge in [0.1, 0.15) is 0 Å². The predicted octanol–water partition coefficient (Wildman–Crippen LogP) is 3.19. The molecule has 3 nitrogen and oxygen atoms in total. The summed E-state index contributed by atoms with van der Waals surface area (Å²) in [4.78, 5) is 11.9. The Balaban J connectivity index is 1.79. The molecule has 0 saturated heterocycles. The Hall–Kier alpha value is -1.51. The molecule has 2 unspecified atom stereocenters. The van der Waals surface area contributed by atoms with Gasteiger partial charge in [0.25, 0.3) is 0 Å². The molecule has 3 N–H and O–H groups in total. The lowest BCUT2D eigenvalue weighted by Crippen LogP contribution is -2.56. The van der Waals surface area contributed by atoms with Gasteiger partial charge in [0.2, 0.25) is 0 Å². The van der Waals surface area contributed by atoms with Crippen molar-refractivity contribution < 1.29 is 9.90 Å². The lowest BCUT2D eigenvalue weighted by atomic mass is 9.43. The van der Waals surface area contributed by atoms with Gasteiger partial charge in [0.15, 0.2) is 0 Å². The third-order valence-corrected chi connectivity index (χ3v) is 6.04. The Morgan fingerprint density at radius 2 is 1.70 bits per heavy atom. The Morgan fingerprint density at radius 3 is 2.25 bits per heavy atom. The highest BCUT2D eigenvalue weighted by atomic mass is 16.4. The van der Waals surface area contributed by atoms with E-state index in [0.717, 1.165) is 24.9 Å². The summed E-state index contributed by atoms with van der Waals surface area (Å²) >= 11 is 0. The topological polar surface area (TPSA) is 63.3 Å². The van der Waals surface area contributed by atoms with Gasteiger partial charge in [-0.1, -0.05) is 12.1 Å². The van der Waals surface area contributed by atoms with Crippen LogP contribution in [0.25, 0.3) is 0 Å². The summed E-state index contributed by atoms with van der Waals surface area (Å²) in [6, 6.07) is 8.17. The van der Waals surface area contributed by atoms with Gasteiger partial charge in [-0.2, -0.15) is 0 Å². The van der Waals surface area contributed by atoms with E-state index < -0.39 is 11.4 Å². The molecule has 0 amide bonds. The lowest BCUT2D eigenvalue weighted by Gasteiger charge is -2.60. The van der Waals surface area contributed by atoms with E-state index in [9.17, 15) is 9.90 Å². The number of aliphatic carboxylic acids is 1. The van der Waals surface area contributed by atoms with Crippen LogP contribution in [0.15, 0.2) is 24.3 Å². The van der Waals surface area contributed by atoms with Crippen LogP contribution in [-0.2, 0) is 10.2 Å². The summed E-state index contributed by atoms with van der Waals surface area (Å²) in [6.07, 6.45) is 6.20. The SMILES string of the molecule is Nc1ccc(C23CC4CC(CC(C(=O)O)(C4)C2)C3)cc1. The molecule has 0 heterocycles. The van der Waals surface area contributed by atoms with Gasteiger partial charge >= 0.3 is 5.97 Å². The van der Waals surface area contributed by atoms with Crippen molar-refractivity contribution >= 4 is 11.7 Å². The van der Waals surface area contributed by atoms with Crippen molar-refractivity contribution in [2.45, 2.75) is 43.9 Å². The second kappa shape index (κ2) is 3.78. The number of nitrogen functional groups attached to an aromatic ring is 1. The van der Waals surface area contributed by atoms with E-state index in [1.165, 1.54) is 24.8 Å². The highest BCUT2D eigenvalue weighted by molar-refractivity contribution is 5.76. The molecule has 3 heteroatoms. The molecular formula is C17H21NO2. The minimum absolute atomic E-state index is 0.0934. The van der Waals surface area contributed by atoms with Crippen molar-refractivity contribution in [3.8, 4) is 0 Å². The molecule has 0 radical (unpaired) electrons. The summed E-state index contributed by atoms with van der Waals surface area (Å²) in [5.41, 5.74) is 7.53. The smallest absolute Gasteiger partial charge is 0.309 e. The van der Waals surface area contributed by atoms with E-state index in [0.29, 0.717) is 11.8 Å². The van der Waals surface area contributed by atoms with Gasteiger partial charge in [-0.3, -0.25) is 4.79 Å². The van der Waals surface area contributed by atoms with Crippen molar-refractivity contribution in [2.24, 2.45) is 17.3 Å². The number of carbonyl (C=O) groups is 1. The summed E-state index contributed by atoms with van der Waals surface area (Å²) in [7, 11) is 0. The van der Waals surface area contributed by atoms with Crippen LogP contribution < -0.4 is 5.73 Å². The van der Waals surface area contributed by atoms with Crippen LogP contribution in [0.4, 0.5) is 5.69 Å². The van der Waals surface area contributed by atoms with Crippen LogP contribution in [-0.4, -0.2) is 11.1 Å². The minimum Gasteiger partial charge on any atom is -0.481 e. The maximum Gasteiger partial charge on any atom is 0.309 e. The Kier molecular flexibility index (Phi) is 2.31. The second-order valence-corrected chi connectivity index (χ2v) is 7.45. The molecule has 1 aromatic rings. The number of carboxylic acids is 1. The quantitative estimate of drug-likeness (QED) is 0.812. The zero-order valence-electron chi connectivity index (χ0n) is 11.6. The van der Waals surface area contributed by atoms with Gasteiger partial charge in [-0.25, -0.2) is 0 Å². The zero-order valence-corrected chi connectivity index (χ0v) is 11.6. The van der Waals surface area contributed by atoms with Crippen molar-refractivity contribution in [3.05, 3.63) is 29.8 Å². The van der Waals surface area contributed by atoms with Gasteiger partial charge < -0.3 is 10.8 Å². The normalized spacial score (nSPS) is 41.8. The third-order valence-electron chi connectivity index (χ3n) is 6.04. The molecule has 4 fully saturated rings. The monoisotopic (exact) mass is 271 g/mol. The van der Waals surface area contributed by atoms with Gasteiger partial charge in [0.05, 0.1) is 5.41 Å². The predicted molar refractivity (Wildman–Crippen MR) is 77.3 cm³/mol. The average Bonchev–Trinajstić information content (AvgIpc) is 2.37. The maximum atomic E-state index is 11.9. The fraction of sp³-hybridized carbons (Fsp3) is 0.588. The Bertz CT molecular complexity index is 549. The third kappa shape index (κ3) is 1.55. The molecule has 4 aliphatic rings. The van der Waals surface area contributed by atoms with E-state index in [2.05, 4.69) is 12.1 Å². The number of hydrogen-bond acceptors (Lipinski definition) is 2. The van der Waals surface area contributed by atoms with Crippen LogP contribution in [0.3, 0.4) is 0 Å². The first-order valence-corrected chi connectivity index (χ1v) is 7.61. The number of benzene rings is 1. The van der Waals surface area contributed by atoms with E-state index in [-0.39, 0.29) is 5.41 Å². The Labute approximate surface area is 119 Å². The van der Waals surface area contributed by atoms with Crippen LogP contribution in [0.2, 0.25) is 0 Å². The summed E-state index contributed by atoms with van der Waals surface area (Å²) in [5.74, 6) is 0.640. The largest absolute Gasteiger partial charge is 0.481 e. The van der Waals surface area contributed by atoms with E-state index in [1.54, 1.807) is 0 Å². The van der Waals surface area contributed by atoms with Gasteiger partial charge in [-0.15, -0.1) is 0 Å². The second-order valence-electron chi connectivity index (χ2n) is 7.45. The number of rotatable bonds is 2. The zero-order chi connectivity index (χ0) is 14.0. The van der Waals surface area contributed by atoms with E-state index in [1.807, 2.05) is 12.1 Å². The van der Waals surface area contributed by atoms with Gasteiger partial charge in [0, 0.05) is 5.69 Å². The van der Waals surface area contributed by atoms with E-state index in [4.69, 9.17) is 5.73 Å². The molecular weight excluding hydrogens is 250 g/mol. The summed E-state index contributed by atoms with van der Waals surface area (Å²) < 4.78 is 0. The molecule has 5 rings (SSSR count). The number of nitrogens with two attached hydrogens (primary N) is 1. The molecule has 0 spiro atoms. The lowest BCUT2D eigenvalue weighted by molar-refractivity contribution is -0.167. The van der Waals surface area contributed by atoms with Crippen LogP contribution in [0.1, 0.15) is 44.1 Å². The number of hydrogen-bond donors (Lipinski definition) is 2. The fourth-order valence-corrected chi connectivity index (χ4v) is 5.69. The van der Waals surface area contributed by atoms with Crippen LogP contribution >= 0.6 is 0 Å². The molecule has 0 aliphatic heterocycles. The Morgan fingerprint density at radius 1 is 1.10 bits per heavy atom. The molecule has 106 valence electrons. The maximum absolute atomic E-state index is 11.9. The average molecular weight is 271 g/mol. The van der Waals surface area contributed by atoms with Crippen LogP contribution in [0.5, 0.6) is 0 Å². The van der Waals surface area contributed by atoms with Crippen LogP contribution in [0, 0.1) is 17.3 Å². The number of anilines is 1. The molecule has 2 atom stereocenters. The number of carboxylic acid groups (broad SMARTS) is 1. The first-order valence-electron chi connectivity index (χ1n) is 7.61.